The third-order valence-electron chi connectivity index (χ3n) is 0.289. The molecule has 1 nitrogen and oxygen atoms in total. The third kappa shape index (κ3) is 4.67. The van der Waals surface area contributed by atoms with Crippen molar-refractivity contribution in [2.75, 3.05) is 0 Å². The molecule has 0 aliphatic carbocycles. The van der Waals surface area contributed by atoms with Crippen molar-refractivity contribution in [3.63, 3.8) is 0 Å². The first-order valence-electron chi connectivity index (χ1n) is 1.69. The molecule has 0 spiro atoms. The predicted molar refractivity (Wildman–Crippen MR) is 18.3 cm³/mol. The molecule has 0 aromatic rings. The van der Waals surface area contributed by atoms with Crippen LogP contribution in [0.2, 0.25) is 0 Å². The summed E-state index contributed by atoms with van der Waals surface area (Å²) in [7, 11) is 0. The molecule has 0 saturated carbocycles. The van der Waals surface area contributed by atoms with Crippen molar-refractivity contribution >= 4 is 0 Å². The van der Waals surface area contributed by atoms with Gasteiger partial charge in [0.1, 0.15) is 0 Å². The molecule has 0 aromatic carbocycles. The quantitative estimate of drug-likeness (QED) is 0.478. The molecule has 0 unspecified atom stereocenters. The van der Waals surface area contributed by atoms with Gasteiger partial charge in [-0.1, -0.05) is 0 Å². The van der Waals surface area contributed by atoms with Crippen LogP contribution in [0.25, 0.3) is 0 Å². The Bertz CT molecular complexity index is 20.9. The summed E-state index contributed by atoms with van der Waals surface area (Å²) in [5.74, 6) is 0. The Labute approximate surface area is 44.9 Å². The minimum absolute atomic E-state index is 0.634. The molecule has 0 bridgehead atoms. The Hall–Kier alpha value is 0.674. The molecule has 0 fully saturated rings. The van der Waals surface area contributed by atoms with E-state index in [2.05, 4.69) is 17.6 Å². The molecule has 2 heteroatoms. The zero-order valence-electron chi connectivity index (χ0n) is 3.58. The van der Waals surface area contributed by atoms with Crippen LogP contribution in [0.5, 0.6) is 0 Å². The van der Waals surface area contributed by atoms with E-state index in [0.717, 1.165) is 0 Å². The van der Waals surface area contributed by atoms with Gasteiger partial charge in [0.25, 0.3) is 0 Å². The van der Waals surface area contributed by atoms with Crippen LogP contribution < -0.4 is 3.80 Å². The van der Waals surface area contributed by atoms with Gasteiger partial charge in [-0.25, -0.2) is 0 Å². The maximum atomic E-state index is 3.03. The second-order valence-electron chi connectivity index (χ2n) is 1.30. The fraction of sp³-hybridized carbons (Fsp3) is 1.00. The van der Waals surface area contributed by atoms with Gasteiger partial charge >= 0.3 is 44.4 Å². The fourth-order valence-corrected chi connectivity index (χ4v) is 0. The molecule has 5 heavy (non-hydrogen) atoms. The van der Waals surface area contributed by atoms with Crippen LogP contribution in [0.3, 0.4) is 0 Å². The van der Waals surface area contributed by atoms with Crippen LogP contribution in [-0.2, 0) is 20.7 Å². The molecular formula is C3H8NTi. The van der Waals surface area contributed by atoms with Crippen LogP contribution in [0.1, 0.15) is 13.8 Å². The molecule has 29 valence electrons. The van der Waals surface area contributed by atoms with E-state index in [1.54, 1.807) is 0 Å². The van der Waals surface area contributed by atoms with Crippen molar-refractivity contribution in [1.82, 2.24) is 3.80 Å². The van der Waals surface area contributed by atoms with Crippen molar-refractivity contribution < 1.29 is 20.7 Å². The van der Waals surface area contributed by atoms with Crippen molar-refractivity contribution in [1.29, 1.82) is 0 Å². The Balaban J connectivity index is 2.54. The van der Waals surface area contributed by atoms with E-state index in [9.17, 15) is 0 Å². The van der Waals surface area contributed by atoms with Gasteiger partial charge in [-0.05, 0) is 0 Å². The van der Waals surface area contributed by atoms with Crippen LogP contribution in [0.15, 0.2) is 0 Å². The van der Waals surface area contributed by atoms with E-state index >= 15 is 0 Å². The van der Waals surface area contributed by atoms with Crippen molar-refractivity contribution in [3.8, 4) is 0 Å². The van der Waals surface area contributed by atoms with E-state index in [1.807, 2.05) is 20.7 Å². The van der Waals surface area contributed by atoms with E-state index in [4.69, 9.17) is 0 Å². The van der Waals surface area contributed by atoms with Gasteiger partial charge in [-0.15, -0.1) is 0 Å². The topological polar surface area (TPSA) is 12.0 Å². The van der Waals surface area contributed by atoms with Gasteiger partial charge in [0.05, 0.1) is 0 Å². The average Bonchev–Trinajstić information content (AvgIpc) is 1.38. The molecule has 1 N–H and O–H groups in total. The normalized spacial score (nSPS) is 9.20. The van der Waals surface area contributed by atoms with Gasteiger partial charge in [-0.3, -0.25) is 0 Å². The molecule has 0 aliphatic heterocycles. The minimum atomic E-state index is 0.634. The van der Waals surface area contributed by atoms with Gasteiger partial charge in [-0.2, -0.15) is 0 Å². The first kappa shape index (κ1) is 5.67. The van der Waals surface area contributed by atoms with Crippen LogP contribution >= 0.6 is 0 Å². The molecule has 0 aromatic heterocycles. The Morgan fingerprint density at radius 3 is 1.80 bits per heavy atom. The van der Waals surface area contributed by atoms with Crippen LogP contribution in [0, 0.1) is 0 Å². The van der Waals surface area contributed by atoms with E-state index in [-0.39, 0.29) is 0 Å². The Morgan fingerprint density at radius 2 is 1.80 bits per heavy atom. The summed E-state index contributed by atoms with van der Waals surface area (Å²) in [6, 6.07) is 0.634. The summed E-state index contributed by atoms with van der Waals surface area (Å²) >= 11 is 1.95. The maximum absolute atomic E-state index is 3.03. The van der Waals surface area contributed by atoms with Gasteiger partial charge in [0, 0.05) is 0 Å². The molecular weight excluding hydrogens is 97.9 g/mol. The molecule has 0 radical (unpaired) electrons. The Kier molecular flexibility index (Phi) is 3.28. The number of hydrogen-bond donors (Lipinski definition) is 1. The molecule has 0 heterocycles. The van der Waals surface area contributed by atoms with Crippen molar-refractivity contribution in [3.05, 3.63) is 0 Å². The standard InChI is InChI=1S/C3H8N.Ti/c1-3(2)4;/h3-4H,1-2H3;/q-1;+1. The van der Waals surface area contributed by atoms with Gasteiger partial charge < -0.3 is 0 Å². The van der Waals surface area contributed by atoms with Gasteiger partial charge in [0.15, 0.2) is 0 Å². The van der Waals surface area contributed by atoms with Crippen molar-refractivity contribution in [2.24, 2.45) is 0 Å². The molecule has 0 amide bonds. The van der Waals surface area contributed by atoms with Crippen LogP contribution in [-0.4, -0.2) is 6.04 Å². The molecule has 0 atom stereocenters. The zero-order valence-corrected chi connectivity index (χ0v) is 5.14. The average molecular weight is 106 g/mol. The molecule has 0 saturated heterocycles. The molecule has 0 aliphatic rings. The number of rotatable bonds is 1. The van der Waals surface area contributed by atoms with E-state index in [0.29, 0.717) is 6.04 Å². The van der Waals surface area contributed by atoms with Gasteiger partial charge in [0.2, 0.25) is 0 Å². The third-order valence-corrected chi connectivity index (χ3v) is 1.19. The summed E-state index contributed by atoms with van der Waals surface area (Å²) in [5, 5.41) is 0. The first-order valence-corrected chi connectivity index (χ1v) is 2.47. The predicted octanol–water partition coefficient (Wildman–Crippen LogP) is 0.446. The summed E-state index contributed by atoms with van der Waals surface area (Å²) in [5.41, 5.74) is 0. The second kappa shape index (κ2) is 2.89. The van der Waals surface area contributed by atoms with E-state index < -0.39 is 0 Å². The monoisotopic (exact) mass is 106 g/mol. The summed E-state index contributed by atoms with van der Waals surface area (Å²) in [6.45, 7) is 4.22. The SMILES string of the molecule is CC(C)[NH][Ti]. The second-order valence-corrected chi connectivity index (χ2v) is 1.75. The van der Waals surface area contributed by atoms with Crippen molar-refractivity contribution in [2.45, 2.75) is 19.9 Å². The fourth-order valence-electron chi connectivity index (χ4n) is 0. The first-order chi connectivity index (χ1) is 2.27. The summed E-state index contributed by atoms with van der Waals surface area (Å²) in [6.07, 6.45) is 0. The summed E-state index contributed by atoms with van der Waals surface area (Å²) in [4.78, 5) is 0. The van der Waals surface area contributed by atoms with Crippen LogP contribution in [0.4, 0.5) is 0 Å². The van der Waals surface area contributed by atoms with E-state index in [1.165, 1.54) is 0 Å². The number of nitrogens with one attached hydrogen (secondary N) is 1. The number of hydrogen-bond acceptors (Lipinski definition) is 1. The molecule has 0 rings (SSSR count). The summed E-state index contributed by atoms with van der Waals surface area (Å²) < 4.78 is 3.03. The Morgan fingerprint density at radius 1 is 1.60 bits per heavy atom. The zero-order chi connectivity index (χ0) is 4.28.